The molecule has 4 rings (SSSR count). The predicted molar refractivity (Wildman–Crippen MR) is 123 cm³/mol. The van der Waals surface area contributed by atoms with Crippen LogP contribution >= 0.6 is 11.3 Å². The Labute approximate surface area is 185 Å². The molecule has 0 aliphatic heterocycles. The third-order valence-electron chi connectivity index (χ3n) is 4.89. The van der Waals surface area contributed by atoms with E-state index in [4.69, 9.17) is 9.47 Å². The van der Waals surface area contributed by atoms with Crippen molar-refractivity contribution in [2.24, 2.45) is 0 Å². The van der Waals surface area contributed by atoms with Gasteiger partial charge in [0, 0.05) is 23.9 Å². The van der Waals surface area contributed by atoms with Crippen LogP contribution in [0.5, 0.6) is 11.5 Å². The lowest BCUT2D eigenvalue weighted by molar-refractivity contribution is 0.355. The van der Waals surface area contributed by atoms with Gasteiger partial charge in [-0.2, -0.15) is 0 Å². The first kappa shape index (κ1) is 21.3. The van der Waals surface area contributed by atoms with Crippen LogP contribution in [0.3, 0.4) is 0 Å². The van der Waals surface area contributed by atoms with Crippen molar-refractivity contribution in [3.63, 3.8) is 0 Å². The highest BCUT2D eigenvalue weighted by molar-refractivity contribution is 7.89. The average Bonchev–Trinajstić information content (AvgIpc) is 3.27. The van der Waals surface area contributed by atoms with Crippen molar-refractivity contribution in [3.05, 3.63) is 71.7 Å². The number of methoxy groups -OCH3 is 2. The molecule has 0 atom stereocenters. The number of benzene rings is 3. The molecule has 4 aromatic rings. The third-order valence-corrected chi connectivity index (χ3v) is 7.29. The monoisotopic (exact) mass is 454 g/mol. The molecule has 6 nitrogen and oxygen atoms in total. The number of rotatable bonds is 8. The van der Waals surface area contributed by atoms with Crippen LogP contribution in [0.4, 0.5) is 0 Å². The Morgan fingerprint density at radius 3 is 2.48 bits per heavy atom. The number of fused-ring (bicyclic) bond motifs is 1. The molecule has 1 aromatic heterocycles. The van der Waals surface area contributed by atoms with Gasteiger partial charge in [0.2, 0.25) is 10.0 Å². The van der Waals surface area contributed by atoms with Crippen molar-refractivity contribution in [1.82, 2.24) is 9.71 Å². The Hall–Kier alpha value is -2.94. The van der Waals surface area contributed by atoms with Crippen molar-refractivity contribution in [1.29, 1.82) is 0 Å². The number of hydrogen-bond donors (Lipinski definition) is 1. The number of ether oxygens (including phenoxy) is 2. The van der Waals surface area contributed by atoms with Gasteiger partial charge in [-0.15, -0.1) is 11.3 Å². The van der Waals surface area contributed by atoms with Crippen molar-refractivity contribution in [2.75, 3.05) is 20.8 Å². The van der Waals surface area contributed by atoms with Gasteiger partial charge in [-0.25, -0.2) is 18.1 Å². The standard InChI is InChI=1S/C23H22N2O4S2/c1-28-21-10-8-18(14-22(21)29-2)23-25-19(15-30-23)11-12-24-31(26,27)20-9-7-16-5-3-4-6-17(16)13-20/h3-10,13-15,24H,11-12H2,1-2H3. The van der Waals surface area contributed by atoms with Crippen LogP contribution in [-0.2, 0) is 16.4 Å². The summed E-state index contributed by atoms with van der Waals surface area (Å²) in [6.45, 7) is 0.268. The summed E-state index contributed by atoms with van der Waals surface area (Å²) in [7, 11) is -0.400. The average molecular weight is 455 g/mol. The Bertz CT molecular complexity index is 1320. The Kier molecular flexibility index (Phi) is 6.22. The summed E-state index contributed by atoms with van der Waals surface area (Å²) in [6.07, 6.45) is 0.497. The molecule has 0 aliphatic carbocycles. The zero-order chi connectivity index (χ0) is 21.8. The van der Waals surface area contributed by atoms with E-state index < -0.39 is 10.0 Å². The zero-order valence-corrected chi connectivity index (χ0v) is 18.8. The minimum absolute atomic E-state index is 0.260. The van der Waals surface area contributed by atoms with Crippen LogP contribution in [0.25, 0.3) is 21.3 Å². The highest BCUT2D eigenvalue weighted by Crippen LogP contribution is 2.33. The van der Waals surface area contributed by atoms with Gasteiger partial charge >= 0.3 is 0 Å². The second kappa shape index (κ2) is 9.05. The number of sulfonamides is 1. The molecular weight excluding hydrogens is 432 g/mol. The molecule has 0 fully saturated rings. The molecule has 0 radical (unpaired) electrons. The molecule has 0 unspecified atom stereocenters. The molecule has 0 bridgehead atoms. The summed E-state index contributed by atoms with van der Waals surface area (Å²) < 4.78 is 38.6. The molecule has 0 spiro atoms. The van der Waals surface area contributed by atoms with Gasteiger partial charge in [0.15, 0.2) is 11.5 Å². The van der Waals surface area contributed by atoms with Crippen molar-refractivity contribution in [3.8, 4) is 22.1 Å². The number of aromatic nitrogens is 1. The highest BCUT2D eigenvalue weighted by atomic mass is 32.2. The molecular formula is C23H22N2O4S2. The maximum absolute atomic E-state index is 12.7. The van der Waals surface area contributed by atoms with Gasteiger partial charge < -0.3 is 9.47 Å². The van der Waals surface area contributed by atoms with E-state index in [0.717, 1.165) is 27.0 Å². The maximum Gasteiger partial charge on any atom is 0.240 e. The van der Waals surface area contributed by atoms with Crippen LogP contribution in [0.1, 0.15) is 5.69 Å². The van der Waals surface area contributed by atoms with Gasteiger partial charge in [0.05, 0.1) is 24.8 Å². The van der Waals surface area contributed by atoms with E-state index in [-0.39, 0.29) is 11.4 Å². The molecule has 160 valence electrons. The quantitative estimate of drug-likeness (QED) is 0.424. The first-order valence-corrected chi connectivity index (χ1v) is 12.0. The van der Waals surface area contributed by atoms with E-state index in [1.807, 2.05) is 53.9 Å². The number of hydrogen-bond acceptors (Lipinski definition) is 6. The molecule has 1 N–H and O–H groups in total. The van der Waals surface area contributed by atoms with E-state index in [2.05, 4.69) is 9.71 Å². The summed E-state index contributed by atoms with van der Waals surface area (Å²) in [5, 5.41) is 4.68. The first-order valence-electron chi connectivity index (χ1n) is 9.65. The summed E-state index contributed by atoms with van der Waals surface area (Å²) in [5.41, 5.74) is 1.75. The predicted octanol–water partition coefficient (Wildman–Crippen LogP) is 4.50. The van der Waals surface area contributed by atoms with Gasteiger partial charge in [-0.3, -0.25) is 0 Å². The summed E-state index contributed by atoms with van der Waals surface area (Å²) in [6, 6.07) is 18.5. The molecule has 0 amide bonds. The smallest absolute Gasteiger partial charge is 0.240 e. The maximum atomic E-state index is 12.7. The Morgan fingerprint density at radius 1 is 0.935 bits per heavy atom. The van der Waals surface area contributed by atoms with E-state index in [1.165, 1.54) is 11.3 Å². The molecule has 0 saturated carbocycles. The fourth-order valence-electron chi connectivity index (χ4n) is 3.26. The fourth-order valence-corrected chi connectivity index (χ4v) is 5.17. The van der Waals surface area contributed by atoms with Crippen LogP contribution < -0.4 is 14.2 Å². The zero-order valence-electron chi connectivity index (χ0n) is 17.2. The highest BCUT2D eigenvalue weighted by Gasteiger charge is 2.15. The molecule has 8 heteroatoms. The molecule has 31 heavy (non-hydrogen) atoms. The van der Waals surface area contributed by atoms with Gasteiger partial charge in [-0.05, 0) is 41.1 Å². The first-order chi connectivity index (χ1) is 15.0. The second-order valence-corrected chi connectivity index (χ2v) is 9.50. The van der Waals surface area contributed by atoms with Crippen LogP contribution in [0.2, 0.25) is 0 Å². The summed E-state index contributed by atoms with van der Waals surface area (Å²) in [5.74, 6) is 1.30. The summed E-state index contributed by atoms with van der Waals surface area (Å²) >= 11 is 1.51. The SMILES string of the molecule is COc1ccc(-c2nc(CCNS(=O)(=O)c3ccc4ccccc4c3)cs2)cc1OC. The normalized spacial score (nSPS) is 11.5. The van der Waals surface area contributed by atoms with E-state index >= 15 is 0 Å². The Morgan fingerprint density at radius 2 is 1.71 bits per heavy atom. The molecule has 3 aromatic carbocycles. The number of thiazole rings is 1. The van der Waals surface area contributed by atoms with E-state index in [1.54, 1.807) is 26.4 Å². The lowest BCUT2D eigenvalue weighted by Gasteiger charge is -2.08. The van der Waals surface area contributed by atoms with E-state index in [9.17, 15) is 8.42 Å². The van der Waals surface area contributed by atoms with Crippen molar-refractivity contribution >= 4 is 32.1 Å². The topological polar surface area (TPSA) is 77.5 Å². The van der Waals surface area contributed by atoms with Crippen molar-refractivity contribution in [2.45, 2.75) is 11.3 Å². The number of nitrogens with one attached hydrogen (secondary N) is 1. The fraction of sp³-hybridized carbons (Fsp3) is 0.174. The minimum atomic E-state index is -3.59. The van der Waals surface area contributed by atoms with Gasteiger partial charge in [0.1, 0.15) is 5.01 Å². The van der Waals surface area contributed by atoms with Crippen LogP contribution in [0.15, 0.2) is 70.9 Å². The molecule has 0 aliphatic rings. The number of nitrogens with zero attached hydrogens (tertiary/aromatic N) is 1. The second-order valence-electron chi connectivity index (χ2n) is 6.87. The molecule has 0 saturated heterocycles. The lowest BCUT2D eigenvalue weighted by atomic mass is 10.1. The van der Waals surface area contributed by atoms with E-state index in [0.29, 0.717) is 17.9 Å². The van der Waals surface area contributed by atoms with Crippen molar-refractivity contribution < 1.29 is 17.9 Å². The van der Waals surface area contributed by atoms with Gasteiger partial charge in [-0.1, -0.05) is 30.3 Å². The summed E-state index contributed by atoms with van der Waals surface area (Å²) in [4.78, 5) is 4.89. The Balaban J connectivity index is 1.42. The third kappa shape index (κ3) is 4.71. The largest absolute Gasteiger partial charge is 0.493 e. The minimum Gasteiger partial charge on any atom is -0.493 e. The van der Waals surface area contributed by atoms with Gasteiger partial charge in [0.25, 0.3) is 0 Å². The van der Waals surface area contributed by atoms with Crippen LogP contribution in [-0.4, -0.2) is 34.2 Å². The molecule has 1 heterocycles. The van der Waals surface area contributed by atoms with Crippen LogP contribution in [0, 0.1) is 0 Å². The lowest BCUT2D eigenvalue weighted by Crippen LogP contribution is -2.26.